The van der Waals surface area contributed by atoms with Crippen LogP contribution in [0.1, 0.15) is 42.1 Å². The third-order valence-corrected chi connectivity index (χ3v) is 9.40. The van der Waals surface area contributed by atoms with Gasteiger partial charge in [0.25, 0.3) is 5.91 Å². The molecule has 5 aromatic rings. The van der Waals surface area contributed by atoms with Crippen molar-refractivity contribution in [1.29, 1.82) is 0 Å². The number of benzene rings is 4. The second kappa shape index (κ2) is 14.7. The summed E-state index contributed by atoms with van der Waals surface area (Å²) in [5.41, 5.74) is 5.70. The molecule has 4 aromatic carbocycles. The number of nitrogens with one attached hydrogen (secondary N) is 2. The second-order valence-electron chi connectivity index (χ2n) is 10.9. The predicted octanol–water partition coefficient (Wildman–Crippen LogP) is 9.20. The fourth-order valence-electron chi connectivity index (χ4n) is 5.33. The van der Waals surface area contributed by atoms with Gasteiger partial charge in [-0.15, -0.1) is 5.10 Å². The van der Waals surface area contributed by atoms with Crippen LogP contribution in [0.15, 0.2) is 112 Å². The van der Waals surface area contributed by atoms with Gasteiger partial charge < -0.3 is 20.1 Å². The Balaban J connectivity index is 1.36. The van der Waals surface area contributed by atoms with Crippen LogP contribution in [0.4, 0.5) is 11.6 Å². The van der Waals surface area contributed by atoms with E-state index in [0.29, 0.717) is 57.9 Å². The molecule has 1 aliphatic heterocycles. The van der Waals surface area contributed by atoms with Gasteiger partial charge in [-0.3, -0.25) is 4.79 Å². The summed E-state index contributed by atoms with van der Waals surface area (Å²) in [6.45, 7) is 6.59. The highest BCUT2D eigenvalue weighted by atomic mass is 79.9. The maximum atomic E-state index is 14.1. The lowest BCUT2D eigenvalue weighted by atomic mass is 9.94. The monoisotopic (exact) mass is 729 g/mol. The molecule has 1 unspecified atom stereocenters. The lowest BCUT2D eigenvalue weighted by molar-refractivity contribution is -0.113. The first-order valence-electron chi connectivity index (χ1n) is 15.1. The van der Waals surface area contributed by atoms with Crippen molar-refractivity contribution in [2.45, 2.75) is 44.3 Å². The molecule has 0 radical (unpaired) electrons. The minimum Gasteiger partial charge on any atom is -0.490 e. The number of ether oxygens (including phenoxy) is 2. The number of rotatable bonds is 11. The Kier molecular flexibility index (Phi) is 10.2. The number of carbonyl (C=O) groups excluding carboxylic acids is 1. The SMILES string of the molecule is CCOc1cc(C2C(C(=O)Nc3ccccc3C)=C(C)Nc3nc(SCc4ccccc4Cl)nn32)ccc1OCc1cccc(Br)c1. The molecule has 1 atom stereocenters. The molecule has 11 heteroatoms. The van der Waals surface area contributed by atoms with E-state index in [9.17, 15) is 4.79 Å². The largest absolute Gasteiger partial charge is 0.490 e. The van der Waals surface area contributed by atoms with Crippen molar-refractivity contribution in [1.82, 2.24) is 14.8 Å². The molecular weight excluding hydrogens is 698 g/mol. The highest BCUT2D eigenvalue weighted by molar-refractivity contribution is 9.10. The van der Waals surface area contributed by atoms with E-state index in [2.05, 4.69) is 26.6 Å². The predicted molar refractivity (Wildman–Crippen MR) is 191 cm³/mol. The van der Waals surface area contributed by atoms with Gasteiger partial charge in [-0.05, 0) is 79.4 Å². The number of anilines is 2. The summed E-state index contributed by atoms with van der Waals surface area (Å²) in [5, 5.41) is 12.6. The van der Waals surface area contributed by atoms with Crippen LogP contribution in [0.2, 0.25) is 5.02 Å². The molecule has 8 nitrogen and oxygen atoms in total. The van der Waals surface area contributed by atoms with E-state index in [1.165, 1.54) is 11.8 Å². The van der Waals surface area contributed by atoms with Gasteiger partial charge in [-0.25, -0.2) is 4.68 Å². The molecule has 0 saturated heterocycles. The van der Waals surface area contributed by atoms with Gasteiger partial charge in [0.2, 0.25) is 11.1 Å². The van der Waals surface area contributed by atoms with E-state index in [-0.39, 0.29) is 5.91 Å². The maximum Gasteiger partial charge on any atom is 0.255 e. The van der Waals surface area contributed by atoms with Crippen LogP contribution in [0, 0.1) is 6.92 Å². The lowest BCUT2D eigenvalue weighted by Crippen LogP contribution is -2.31. The summed E-state index contributed by atoms with van der Waals surface area (Å²) in [4.78, 5) is 18.9. The number of aryl methyl sites for hydroxylation is 1. The van der Waals surface area contributed by atoms with Crippen LogP contribution >= 0.6 is 39.3 Å². The van der Waals surface area contributed by atoms with Gasteiger partial charge in [0.15, 0.2) is 11.5 Å². The molecule has 1 amide bonds. The van der Waals surface area contributed by atoms with Crippen LogP contribution in [0.5, 0.6) is 11.5 Å². The van der Waals surface area contributed by atoms with Crippen molar-refractivity contribution in [3.05, 3.63) is 134 Å². The summed E-state index contributed by atoms with van der Waals surface area (Å²) < 4.78 is 15.0. The van der Waals surface area contributed by atoms with Crippen LogP contribution in [0.3, 0.4) is 0 Å². The second-order valence-corrected chi connectivity index (χ2v) is 13.2. The van der Waals surface area contributed by atoms with Gasteiger partial charge in [-0.1, -0.05) is 93.9 Å². The Hall–Kier alpha value is -4.25. The van der Waals surface area contributed by atoms with Gasteiger partial charge in [0, 0.05) is 26.6 Å². The van der Waals surface area contributed by atoms with Crippen molar-refractivity contribution in [2.24, 2.45) is 0 Å². The molecule has 0 spiro atoms. The number of aromatic nitrogens is 3. The van der Waals surface area contributed by atoms with E-state index in [0.717, 1.165) is 32.4 Å². The maximum absolute atomic E-state index is 14.1. The number of amides is 1. The normalized spacial score (nSPS) is 13.9. The summed E-state index contributed by atoms with van der Waals surface area (Å²) in [6.07, 6.45) is 0. The average Bonchev–Trinajstić information content (AvgIpc) is 3.46. The number of halogens is 2. The van der Waals surface area contributed by atoms with Crippen LogP contribution in [-0.2, 0) is 17.2 Å². The molecule has 2 heterocycles. The van der Waals surface area contributed by atoms with Crippen molar-refractivity contribution in [3.63, 3.8) is 0 Å². The third kappa shape index (κ3) is 7.51. The zero-order valence-electron chi connectivity index (χ0n) is 26.1. The van der Waals surface area contributed by atoms with Gasteiger partial charge in [-0.2, -0.15) is 4.98 Å². The van der Waals surface area contributed by atoms with Gasteiger partial charge in [0.05, 0.1) is 12.2 Å². The smallest absolute Gasteiger partial charge is 0.255 e. The highest BCUT2D eigenvalue weighted by Crippen LogP contribution is 2.40. The number of thioether (sulfide) groups is 1. The highest BCUT2D eigenvalue weighted by Gasteiger charge is 2.35. The number of hydrogen-bond acceptors (Lipinski definition) is 7. The summed E-state index contributed by atoms with van der Waals surface area (Å²) in [5.74, 6) is 2.07. The Morgan fingerprint density at radius 1 is 1.00 bits per heavy atom. The molecule has 0 bridgehead atoms. The Morgan fingerprint density at radius 3 is 2.60 bits per heavy atom. The average molecular weight is 731 g/mol. The van der Waals surface area contributed by atoms with E-state index in [1.54, 1.807) is 4.68 Å². The summed E-state index contributed by atoms with van der Waals surface area (Å²) in [7, 11) is 0. The molecule has 240 valence electrons. The lowest BCUT2D eigenvalue weighted by Gasteiger charge is -2.29. The van der Waals surface area contributed by atoms with Crippen LogP contribution in [-0.4, -0.2) is 27.3 Å². The van der Waals surface area contributed by atoms with Gasteiger partial charge in [0.1, 0.15) is 12.6 Å². The Labute approximate surface area is 291 Å². The first-order chi connectivity index (χ1) is 22.8. The minimum atomic E-state index is -0.601. The fraction of sp³-hybridized carbons (Fsp3) is 0.194. The first-order valence-corrected chi connectivity index (χ1v) is 17.3. The van der Waals surface area contributed by atoms with Gasteiger partial charge >= 0.3 is 0 Å². The summed E-state index contributed by atoms with van der Waals surface area (Å²) in [6, 6.07) is 28.6. The minimum absolute atomic E-state index is 0.242. The molecule has 0 fully saturated rings. The molecule has 0 saturated carbocycles. The van der Waals surface area contributed by atoms with Crippen molar-refractivity contribution in [2.75, 3.05) is 17.2 Å². The number of allylic oxidation sites excluding steroid dienone is 1. The van der Waals surface area contributed by atoms with Crippen LogP contribution in [0.25, 0.3) is 0 Å². The van der Waals surface area contributed by atoms with E-state index in [1.807, 2.05) is 112 Å². The van der Waals surface area contributed by atoms with E-state index < -0.39 is 6.04 Å². The Bertz CT molecular complexity index is 1960. The molecular formula is C36H33BrClN5O3S. The number of fused-ring (bicyclic) bond motifs is 1. The van der Waals surface area contributed by atoms with E-state index >= 15 is 0 Å². The molecule has 2 N–H and O–H groups in total. The molecule has 0 aliphatic carbocycles. The number of para-hydroxylation sites is 1. The third-order valence-electron chi connectivity index (χ3n) is 7.65. The quantitative estimate of drug-likeness (QED) is 0.131. The molecule has 1 aliphatic rings. The first kappa shape index (κ1) is 32.7. The van der Waals surface area contributed by atoms with E-state index in [4.69, 9.17) is 31.2 Å². The molecule has 1 aromatic heterocycles. The molecule has 47 heavy (non-hydrogen) atoms. The van der Waals surface area contributed by atoms with Crippen molar-refractivity contribution >= 4 is 56.8 Å². The van der Waals surface area contributed by atoms with Crippen LogP contribution < -0.4 is 20.1 Å². The van der Waals surface area contributed by atoms with Crippen molar-refractivity contribution < 1.29 is 14.3 Å². The number of hydrogen-bond donors (Lipinski definition) is 2. The standard InChI is InChI=1S/C36H33BrClN5O3S/c1-4-45-31-19-25(16-17-30(31)46-20-24-11-9-13-27(37)18-24)33-32(34(44)40-29-15-8-5-10-22(29)2)23(3)39-35-41-36(42-43(33)35)47-21-26-12-6-7-14-28(26)38/h5-19,33H,4,20-21H2,1-3H3,(H,40,44)(H,39,41,42). The zero-order chi connectivity index (χ0) is 32.9. The summed E-state index contributed by atoms with van der Waals surface area (Å²) >= 11 is 11.4. The number of carbonyl (C=O) groups is 1. The zero-order valence-corrected chi connectivity index (χ0v) is 29.2. The Morgan fingerprint density at radius 2 is 1.81 bits per heavy atom. The topological polar surface area (TPSA) is 90.3 Å². The molecule has 6 rings (SSSR count). The van der Waals surface area contributed by atoms with Crippen molar-refractivity contribution in [3.8, 4) is 11.5 Å². The number of nitrogens with zero attached hydrogens (tertiary/aromatic N) is 3. The fourth-order valence-corrected chi connectivity index (χ4v) is 6.89.